The van der Waals surface area contributed by atoms with Crippen molar-refractivity contribution in [2.75, 3.05) is 32.7 Å². The van der Waals surface area contributed by atoms with Crippen molar-refractivity contribution in [3.8, 4) is 5.75 Å². The molecule has 1 N–H and O–H groups in total. The highest BCUT2D eigenvalue weighted by atomic mass is 16.5. The zero-order valence-corrected chi connectivity index (χ0v) is 16.5. The molecule has 7 heteroatoms. The lowest BCUT2D eigenvalue weighted by molar-refractivity contribution is -0.140. The quantitative estimate of drug-likeness (QED) is 0.818. The zero-order valence-electron chi connectivity index (χ0n) is 16.5. The minimum atomic E-state index is -0.298. The summed E-state index contributed by atoms with van der Waals surface area (Å²) in [5.41, 5.74) is 0.478. The first-order chi connectivity index (χ1) is 12.8. The highest BCUT2D eigenvalue weighted by molar-refractivity contribution is 5.96. The van der Waals surface area contributed by atoms with Crippen LogP contribution < -0.4 is 10.1 Å². The average Bonchev–Trinajstić information content (AvgIpc) is 2.65. The van der Waals surface area contributed by atoms with Crippen LogP contribution in [0.1, 0.15) is 38.1 Å². The third-order valence-corrected chi connectivity index (χ3v) is 4.33. The highest BCUT2D eigenvalue weighted by Crippen LogP contribution is 2.14. The topological polar surface area (TPSA) is 79.0 Å². The van der Waals surface area contributed by atoms with Crippen molar-refractivity contribution < 1.29 is 19.1 Å². The van der Waals surface area contributed by atoms with E-state index in [-0.39, 0.29) is 36.3 Å². The van der Waals surface area contributed by atoms with E-state index >= 15 is 0 Å². The summed E-state index contributed by atoms with van der Waals surface area (Å²) in [5.74, 6) is 0.337. The molecule has 1 aliphatic heterocycles. The van der Waals surface area contributed by atoms with Gasteiger partial charge in [-0.15, -0.1) is 0 Å². The van der Waals surface area contributed by atoms with Gasteiger partial charge in [0.05, 0.1) is 12.6 Å². The molecule has 0 spiro atoms. The predicted molar refractivity (Wildman–Crippen MR) is 103 cm³/mol. The molecule has 0 bridgehead atoms. The van der Waals surface area contributed by atoms with E-state index in [0.717, 1.165) is 0 Å². The van der Waals surface area contributed by atoms with Gasteiger partial charge in [0.2, 0.25) is 11.8 Å². The van der Waals surface area contributed by atoms with Crippen molar-refractivity contribution in [1.29, 1.82) is 0 Å². The van der Waals surface area contributed by atoms with Crippen molar-refractivity contribution in [3.05, 3.63) is 29.8 Å². The Kier molecular flexibility index (Phi) is 7.21. The Morgan fingerprint density at radius 3 is 2.04 bits per heavy atom. The summed E-state index contributed by atoms with van der Waals surface area (Å²) >= 11 is 0. The fraction of sp³-hybridized carbons (Fsp3) is 0.550. The Morgan fingerprint density at radius 2 is 1.52 bits per heavy atom. The molecule has 0 radical (unpaired) electrons. The van der Waals surface area contributed by atoms with Crippen molar-refractivity contribution in [1.82, 2.24) is 15.1 Å². The number of benzene rings is 1. The molecule has 7 nitrogen and oxygen atoms in total. The number of nitrogens with zero attached hydrogens (tertiary/aromatic N) is 2. The van der Waals surface area contributed by atoms with Gasteiger partial charge in [-0.1, -0.05) is 13.8 Å². The SMILES string of the molecule is CC(C)Oc1ccc(C(=O)NCC(=O)N2CCN(C(=O)C(C)C)CC2)cc1. The molecule has 0 aliphatic carbocycles. The number of piperazine rings is 1. The third kappa shape index (κ3) is 5.98. The van der Waals surface area contributed by atoms with Crippen molar-refractivity contribution in [2.45, 2.75) is 33.8 Å². The maximum Gasteiger partial charge on any atom is 0.251 e. The molecule has 0 saturated carbocycles. The van der Waals surface area contributed by atoms with E-state index in [0.29, 0.717) is 37.5 Å². The van der Waals surface area contributed by atoms with Gasteiger partial charge < -0.3 is 19.9 Å². The molecule has 1 aromatic carbocycles. The maximum absolute atomic E-state index is 12.3. The van der Waals surface area contributed by atoms with Gasteiger partial charge in [-0.2, -0.15) is 0 Å². The van der Waals surface area contributed by atoms with Crippen molar-refractivity contribution in [2.24, 2.45) is 5.92 Å². The number of carbonyl (C=O) groups excluding carboxylic acids is 3. The molecule has 0 unspecified atom stereocenters. The first-order valence-corrected chi connectivity index (χ1v) is 9.39. The molecule has 1 fully saturated rings. The van der Waals surface area contributed by atoms with E-state index in [4.69, 9.17) is 4.74 Å². The third-order valence-electron chi connectivity index (χ3n) is 4.33. The minimum absolute atomic E-state index is 0.0381. The molecule has 27 heavy (non-hydrogen) atoms. The van der Waals surface area contributed by atoms with E-state index in [9.17, 15) is 14.4 Å². The van der Waals surface area contributed by atoms with E-state index < -0.39 is 0 Å². The Hall–Kier alpha value is -2.57. The van der Waals surface area contributed by atoms with Crippen molar-refractivity contribution in [3.63, 3.8) is 0 Å². The molecular weight excluding hydrogens is 346 g/mol. The fourth-order valence-electron chi connectivity index (χ4n) is 2.87. The first-order valence-electron chi connectivity index (χ1n) is 9.39. The Labute approximate surface area is 160 Å². The summed E-state index contributed by atoms with van der Waals surface area (Å²) in [7, 11) is 0. The Morgan fingerprint density at radius 1 is 0.963 bits per heavy atom. The van der Waals surface area contributed by atoms with E-state index in [1.807, 2.05) is 27.7 Å². The Bertz CT molecular complexity index is 662. The van der Waals surface area contributed by atoms with Crippen LogP contribution >= 0.6 is 0 Å². The number of rotatable bonds is 6. The standard InChI is InChI=1S/C20H29N3O4/c1-14(2)20(26)23-11-9-22(10-12-23)18(24)13-21-19(25)16-5-7-17(8-6-16)27-15(3)4/h5-8,14-15H,9-13H2,1-4H3,(H,21,25). The van der Waals surface area contributed by atoms with Crippen LogP contribution in [-0.4, -0.2) is 66.3 Å². The molecule has 1 saturated heterocycles. The molecule has 1 aliphatic rings. The lowest BCUT2D eigenvalue weighted by atomic mass is 10.1. The first kappa shape index (κ1) is 20.7. The van der Waals surface area contributed by atoms with Gasteiger partial charge in [0, 0.05) is 37.7 Å². The second-order valence-corrected chi connectivity index (χ2v) is 7.23. The van der Waals surface area contributed by atoms with Crippen LogP contribution in [-0.2, 0) is 9.59 Å². The normalized spacial score (nSPS) is 14.4. The minimum Gasteiger partial charge on any atom is -0.491 e. The summed E-state index contributed by atoms with van der Waals surface area (Å²) in [6, 6.07) is 6.82. The van der Waals surface area contributed by atoms with Crippen LogP contribution in [0.15, 0.2) is 24.3 Å². The largest absolute Gasteiger partial charge is 0.491 e. The van der Waals surface area contributed by atoms with Crippen LogP contribution in [0.4, 0.5) is 0 Å². The van der Waals surface area contributed by atoms with Gasteiger partial charge in [-0.25, -0.2) is 0 Å². The molecule has 1 aromatic rings. The van der Waals surface area contributed by atoms with E-state index in [2.05, 4.69) is 5.32 Å². The molecule has 2 rings (SSSR count). The van der Waals surface area contributed by atoms with Crippen molar-refractivity contribution >= 4 is 17.7 Å². The predicted octanol–water partition coefficient (Wildman–Crippen LogP) is 1.53. The number of ether oxygens (including phenoxy) is 1. The summed E-state index contributed by atoms with van der Waals surface area (Å²) in [4.78, 5) is 40.0. The molecular formula is C20H29N3O4. The smallest absolute Gasteiger partial charge is 0.251 e. The number of carbonyl (C=O) groups is 3. The van der Waals surface area contributed by atoms with Gasteiger partial charge >= 0.3 is 0 Å². The average molecular weight is 375 g/mol. The lowest BCUT2D eigenvalue weighted by Crippen LogP contribution is -2.53. The molecule has 0 atom stereocenters. The van der Waals surface area contributed by atoms with Crippen LogP contribution in [0.5, 0.6) is 5.75 Å². The summed E-state index contributed by atoms with van der Waals surface area (Å²) in [6.45, 7) is 9.62. The second-order valence-electron chi connectivity index (χ2n) is 7.23. The number of nitrogens with one attached hydrogen (secondary N) is 1. The van der Waals surface area contributed by atoms with Gasteiger partial charge in [-0.05, 0) is 38.1 Å². The summed E-state index contributed by atoms with van der Waals surface area (Å²) in [6.07, 6.45) is 0.0681. The van der Waals surface area contributed by atoms with Gasteiger partial charge in [0.15, 0.2) is 0 Å². The van der Waals surface area contributed by atoms with Gasteiger partial charge in [0.1, 0.15) is 5.75 Å². The monoisotopic (exact) mass is 375 g/mol. The van der Waals surface area contributed by atoms with Crippen LogP contribution in [0, 0.1) is 5.92 Å². The summed E-state index contributed by atoms with van der Waals surface area (Å²) < 4.78 is 5.55. The molecule has 0 aromatic heterocycles. The fourth-order valence-corrected chi connectivity index (χ4v) is 2.87. The summed E-state index contributed by atoms with van der Waals surface area (Å²) in [5, 5.41) is 2.66. The van der Waals surface area contributed by atoms with E-state index in [1.54, 1.807) is 34.1 Å². The maximum atomic E-state index is 12.3. The molecule has 148 valence electrons. The van der Waals surface area contributed by atoms with E-state index in [1.165, 1.54) is 0 Å². The zero-order chi connectivity index (χ0) is 20.0. The number of hydrogen-bond acceptors (Lipinski definition) is 4. The van der Waals surface area contributed by atoms with Gasteiger partial charge in [0.25, 0.3) is 5.91 Å². The van der Waals surface area contributed by atoms with Crippen LogP contribution in [0.3, 0.4) is 0 Å². The number of amides is 3. The second kappa shape index (κ2) is 9.39. The lowest BCUT2D eigenvalue weighted by Gasteiger charge is -2.35. The van der Waals surface area contributed by atoms with Crippen LogP contribution in [0.2, 0.25) is 0 Å². The van der Waals surface area contributed by atoms with Crippen LogP contribution in [0.25, 0.3) is 0 Å². The molecule has 1 heterocycles. The number of hydrogen-bond donors (Lipinski definition) is 1. The molecule has 3 amide bonds. The van der Waals surface area contributed by atoms with Gasteiger partial charge in [-0.3, -0.25) is 14.4 Å². The highest BCUT2D eigenvalue weighted by Gasteiger charge is 2.25. The Balaban J connectivity index is 1.78.